The lowest BCUT2D eigenvalue weighted by atomic mass is 9.92. The van der Waals surface area contributed by atoms with Gasteiger partial charge >= 0.3 is 0 Å². The maximum atomic E-state index is 14.5. The van der Waals surface area contributed by atoms with Crippen LogP contribution in [0.1, 0.15) is 27.5 Å². The summed E-state index contributed by atoms with van der Waals surface area (Å²) in [6.45, 7) is 3.44. The monoisotopic (exact) mass is 428 g/mol. The molecule has 1 fully saturated rings. The van der Waals surface area contributed by atoms with Crippen LogP contribution in [-0.4, -0.2) is 46.0 Å². The molecule has 32 heavy (non-hydrogen) atoms. The number of hydrogen-bond donors (Lipinski definition) is 1. The molecule has 8 heteroatoms. The number of nitrogens with one attached hydrogen (secondary N) is 1. The number of benzene rings is 2. The summed E-state index contributed by atoms with van der Waals surface area (Å²) in [5.74, 6) is -0.246. The quantitative estimate of drug-likeness (QED) is 0.536. The highest BCUT2D eigenvalue weighted by atomic mass is 19.1. The van der Waals surface area contributed by atoms with Crippen molar-refractivity contribution in [3.05, 3.63) is 77.6 Å². The molecule has 1 amide bonds. The van der Waals surface area contributed by atoms with Crippen molar-refractivity contribution in [1.29, 1.82) is 0 Å². The number of hydrogen-bond acceptors (Lipinski definition) is 6. The number of rotatable bonds is 4. The van der Waals surface area contributed by atoms with E-state index in [0.29, 0.717) is 30.3 Å². The predicted octanol–water partition coefficient (Wildman–Crippen LogP) is 3.50. The Morgan fingerprint density at radius 1 is 1.09 bits per heavy atom. The molecule has 4 aromatic rings. The number of aromatic nitrogens is 4. The van der Waals surface area contributed by atoms with Crippen LogP contribution in [-0.2, 0) is 0 Å². The van der Waals surface area contributed by atoms with Gasteiger partial charge < -0.3 is 10.2 Å². The molecule has 0 aliphatic carbocycles. The van der Waals surface area contributed by atoms with E-state index >= 15 is 0 Å². The molecule has 0 unspecified atom stereocenters. The highest BCUT2D eigenvalue weighted by molar-refractivity contribution is 5.94. The molecule has 160 valence electrons. The van der Waals surface area contributed by atoms with E-state index in [-0.39, 0.29) is 11.5 Å². The van der Waals surface area contributed by atoms with Crippen molar-refractivity contribution in [2.45, 2.75) is 12.8 Å². The van der Waals surface area contributed by atoms with Crippen molar-refractivity contribution in [3.63, 3.8) is 0 Å². The molecule has 5 rings (SSSR count). The zero-order valence-corrected chi connectivity index (χ0v) is 17.7. The third kappa shape index (κ3) is 3.53. The Morgan fingerprint density at radius 3 is 2.69 bits per heavy atom. The number of fused-ring (bicyclic) bond motifs is 1. The zero-order valence-electron chi connectivity index (χ0n) is 17.7. The summed E-state index contributed by atoms with van der Waals surface area (Å²) in [7, 11) is 1.47. The predicted molar refractivity (Wildman–Crippen MR) is 120 cm³/mol. The average Bonchev–Trinajstić information content (AvgIpc) is 2.78. The van der Waals surface area contributed by atoms with Crippen LogP contribution >= 0.6 is 0 Å². The second-order valence-corrected chi connectivity index (χ2v) is 7.90. The lowest BCUT2D eigenvalue weighted by Gasteiger charge is -2.39. The van der Waals surface area contributed by atoms with Gasteiger partial charge in [-0.25, -0.2) is 14.4 Å². The number of halogens is 1. The summed E-state index contributed by atoms with van der Waals surface area (Å²) in [6.07, 6.45) is 5.09. The molecule has 0 bridgehead atoms. The lowest BCUT2D eigenvalue weighted by Crippen LogP contribution is -2.46. The van der Waals surface area contributed by atoms with Gasteiger partial charge in [0.1, 0.15) is 5.82 Å². The Bertz CT molecular complexity index is 1340. The summed E-state index contributed by atoms with van der Waals surface area (Å²) in [5.41, 5.74) is 4.10. The van der Waals surface area contributed by atoms with Gasteiger partial charge in [0.25, 0.3) is 5.91 Å². The van der Waals surface area contributed by atoms with E-state index in [2.05, 4.69) is 36.2 Å². The van der Waals surface area contributed by atoms with Gasteiger partial charge in [0, 0.05) is 55.6 Å². The van der Waals surface area contributed by atoms with Gasteiger partial charge in [-0.05, 0) is 31.2 Å². The minimum Gasteiger partial charge on any atom is -0.355 e. The molecule has 1 aliphatic rings. The number of amides is 1. The van der Waals surface area contributed by atoms with E-state index < -0.39 is 11.7 Å². The van der Waals surface area contributed by atoms with E-state index in [1.54, 1.807) is 18.5 Å². The van der Waals surface area contributed by atoms with Crippen molar-refractivity contribution in [1.82, 2.24) is 25.3 Å². The van der Waals surface area contributed by atoms with Crippen molar-refractivity contribution in [2.75, 3.05) is 25.0 Å². The van der Waals surface area contributed by atoms with E-state index in [4.69, 9.17) is 0 Å². The summed E-state index contributed by atoms with van der Waals surface area (Å²) in [6, 6.07) is 10.6. The standard InChI is InChI=1S/C24H21FN6O/c1-14-3-6-20-16(9-14)11-29-24(30-20)31-12-17(13-31)22-21(27-7-8-28-22)15-4-5-18(19(25)10-15)23(32)26-2/h3-11,17H,12-13H2,1-2H3,(H,26,32). The molecular formula is C24H21FN6O. The van der Waals surface area contributed by atoms with Crippen molar-refractivity contribution < 1.29 is 9.18 Å². The minimum atomic E-state index is -0.589. The van der Waals surface area contributed by atoms with Crippen LogP contribution in [0.2, 0.25) is 0 Å². The van der Waals surface area contributed by atoms with E-state index in [1.165, 1.54) is 24.7 Å². The third-order valence-electron chi connectivity index (χ3n) is 5.71. The third-order valence-corrected chi connectivity index (χ3v) is 5.71. The molecule has 3 heterocycles. The van der Waals surface area contributed by atoms with Gasteiger partial charge in [0.05, 0.1) is 22.5 Å². The highest BCUT2D eigenvalue weighted by Gasteiger charge is 2.33. The fourth-order valence-corrected chi connectivity index (χ4v) is 3.96. The van der Waals surface area contributed by atoms with E-state index in [1.807, 2.05) is 25.3 Å². The van der Waals surface area contributed by atoms with Gasteiger partial charge in [0.2, 0.25) is 5.95 Å². The zero-order chi connectivity index (χ0) is 22.2. The second-order valence-electron chi connectivity index (χ2n) is 7.90. The van der Waals surface area contributed by atoms with Crippen molar-refractivity contribution in [3.8, 4) is 11.3 Å². The average molecular weight is 428 g/mol. The topological polar surface area (TPSA) is 83.9 Å². The maximum absolute atomic E-state index is 14.5. The first-order valence-corrected chi connectivity index (χ1v) is 10.3. The Balaban J connectivity index is 1.38. The van der Waals surface area contributed by atoms with E-state index in [0.717, 1.165) is 16.6 Å². The molecule has 0 radical (unpaired) electrons. The Kier molecular flexibility index (Phi) is 4.97. The first kappa shape index (κ1) is 20.0. The second kappa shape index (κ2) is 7.96. The van der Waals surface area contributed by atoms with Crippen LogP contribution < -0.4 is 10.2 Å². The van der Waals surface area contributed by atoms with Crippen LogP contribution in [0.3, 0.4) is 0 Å². The molecule has 1 aliphatic heterocycles. The van der Waals surface area contributed by atoms with Crippen LogP contribution in [0.25, 0.3) is 22.2 Å². The first-order chi connectivity index (χ1) is 15.5. The Labute approximate surface area is 184 Å². The van der Waals surface area contributed by atoms with Gasteiger partial charge in [-0.1, -0.05) is 17.7 Å². The molecule has 7 nitrogen and oxygen atoms in total. The number of nitrogens with zero attached hydrogens (tertiary/aromatic N) is 5. The van der Waals surface area contributed by atoms with E-state index in [9.17, 15) is 9.18 Å². The SMILES string of the molecule is CNC(=O)c1ccc(-c2nccnc2C2CN(c3ncc4cc(C)ccc4n3)C2)cc1F. The van der Waals surface area contributed by atoms with Crippen LogP contribution in [0.15, 0.2) is 55.0 Å². The van der Waals surface area contributed by atoms with Crippen molar-refractivity contribution >= 4 is 22.8 Å². The molecule has 0 spiro atoms. The fourth-order valence-electron chi connectivity index (χ4n) is 3.96. The summed E-state index contributed by atoms with van der Waals surface area (Å²) < 4.78 is 14.5. The summed E-state index contributed by atoms with van der Waals surface area (Å²) in [4.78, 5) is 32.1. The lowest BCUT2D eigenvalue weighted by molar-refractivity contribution is 0.0959. The van der Waals surface area contributed by atoms with Crippen LogP contribution in [0, 0.1) is 12.7 Å². The molecule has 2 aromatic heterocycles. The number of carbonyl (C=O) groups is 1. The highest BCUT2D eigenvalue weighted by Crippen LogP contribution is 2.34. The van der Waals surface area contributed by atoms with Crippen LogP contribution in [0.5, 0.6) is 0 Å². The fraction of sp³-hybridized carbons (Fsp3) is 0.208. The minimum absolute atomic E-state index is 0.000145. The largest absolute Gasteiger partial charge is 0.355 e. The molecular weight excluding hydrogens is 407 g/mol. The number of aryl methyl sites for hydroxylation is 1. The van der Waals surface area contributed by atoms with Gasteiger partial charge in [0.15, 0.2) is 0 Å². The number of anilines is 1. The molecule has 2 aromatic carbocycles. The molecule has 1 saturated heterocycles. The van der Waals surface area contributed by atoms with Gasteiger partial charge in [-0.15, -0.1) is 0 Å². The molecule has 0 saturated carbocycles. The van der Waals surface area contributed by atoms with Crippen LogP contribution in [0.4, 0.5) is 10.3 Å². The Hall–Kier alpha value is -3.94. The summed E-state index contributed by atoms with van der Waals surface area (Å²) in [5, 5.41) is 3.46. The molecule has 1 N–H and O–H groups in total. The number of carbonyl (C=O) groups excluding carboxylic acids is 1. The Morgan fingerprint density at radius 2 is 1.91 bits per heavy atom. The maximum Gasteiger partial charge on any atom is 0.253 e. The summed E-state index contributed by atoms with van der Waals surface area (Å²) >= 11 is 0. The van der Waals surface area contributed by atoms with Gasteiger partial charge in [-0.3, -0.25) is 14.8 Å². The van der Waals surface area contributed by atoms with Gasteiger partial charge in [-0.2, -0.15) is 0 Å². The smallest absolute Gasteiger partial charge is 0.253 e. The first-order valence-electron chi connectivity index (χ1n) is 10.3. The molecule has 0 atom stereocenters. The van der Waals surface area contributed by atoms with Crippen molar-refractivity contribution in [2.24, 2.45) is 0 Å². The normalized spacial score (nSPS) is 13.8.